The lowest BCUT2D eigenvalue weighted by molar-refractivity contribution is -0.136. The molecule has 0 heterocycles. The molecule has 0 atom stereocenters. The van der Waals surface area contributed by atoms with Gasteiger partial charge in [0.2, 0.25) is 5.91 Å². The molecule has 0 radical (unpaired) electrons. The average molecular weight is 330 g/mol. The number of carbonyl (C=O) groups excluding carboxylic acids is 1. The van der Waals surface area contributed by atoms with E-state index < -0.39 is 5.54 Å². The first-order valence-electron chi connectivity index (χ1n) is 6.13. The molecule has 0 spiro atoms. The summed E-state index contributed by atoms with van der Waals surface area (Å²) in [4.78, 5) is 13.5. The second kappa shape index (κ2) is 6.91. The molecule has 1 rings (SSSR count). The van der Waals surface area contributed by atoms with E-state index in [0.29, 0.717) is 6.61 Å². The van der Waals surface area contributed by atoms with Gasteiger partial charge in [-0.05, 0) is 32.0 Å². The van der Waals surface area contributed by atoms with E-state index in [4.69, 9.17) is 4.74 Å². The molecule has 1 amide bonds. The van der Waals surface area contributed by atoms with E-state index in [-0.39, 0.29) is 18.9 Å². The molecule has 1 aromatic rings. The maximum atomic E-state index is 11.9. The first kappa shape index (κ1) is 16.0. The van der Waals surface area contributed by atoms with Crippen molar-refractivity contribution in [3.8, 4) is 5.75 Å². The minimum atomic E-state index is -0.549. The molecule has 0 bridgehead atoms. The Bertz CT molecular complexity index is 434. The van der Waals surface area contributed by atoms with E-state index >= 15 is 0 Å². The Labute approximate surface area is 122 Å². The lowest BCUT2D eigenvalue weighted by Crippen LogP contribution is -2.47. The Kier molecular flexibility index (Phi) is 5.82. The van der Waals surface area contributed by atoms with Crippen molar-refractivity contribution in [3.05, 3.63) is 28.7 Å². The number of hydrogen-bond donors (Lipinski definition) is 1. The zero-order valence-electron chi connectivity index (χ0n) is 11.5. The molecular weight excluding hydrogens is 310 g/mol. The predicted octanol–water partition coefficient (Wildman–Crippen LogP) is 2.45. The first-order chi connectivity index (χ1) is 8.86. The standard InChI is InChI=1S/C14H20BrNO3/c1-14(2,10-17)16(3)13(18)7-8-19-12-6-4-5-11(15)9-12/h4-6,9,17H,7-8,10H2,1-3H3. The Morgan fingerprint density at radius 2 is 2.16 bits per heavy atom. The summed E-state index contributed by atoms with van der Waals surface area (Å²) < 4.78 is 6.45. The van der Waals surface area contributed by atoms with E-state index in [1.165, 1.54) is 0 Å². The number of aliphatic hydroxyl groups is 1. The van der Waals surface area contributed by atoms with Gasteiger partial charge in [-0.15, -0.1) is 0 Å². The van der Waals surface area contributed by atoms with Crippen LogP contribution in [0.4, 0.5) is 0 Å². The molecule has 0 saturated carbocycles. The SMILES string of the molecule is CN(C(=O)CCOc1cccc(Br)c1)C(C)(C)CO. The van der Waals surface area contributed by atoms with Crippen molar-refractivity contribution in [1.82, 2.24) is 4.90 Å². The van der Waals surface area contributed by atoms with Gasteiger partial charge in [-0.3, -0.25) is 4.79 Å². The number of rotatable bonds is 6. The summed E-state index contributed by atoms with van der Waals surface area (Å²) in [6.45, 7) is 3.89. The molecule has 0 fully saturated rings. The molecule has 0 unspecified atom stereocenters. The summed E-state index contributed by atoms with van der Waals surface area (Å²) in [6, 6.07) is 7.49. The Morgan fingerprint density at radius 3 is 2.74 bits per heavy atom. The van der Waals surface area contributed by atoms with Gasteiger partial charge < -0.3 is 14.7 Å². The highest BCUT2D eigenvalue weighted by atomic mass is 79.9. The quantitative estimate of drug-likeness (QED) is 0.872. The van der Waals surface area contributed by atoms with Crippen LogP contribution in [0.15, 0.2) is 28.7 Å². The van der Waals surface area contributed by atoms with Gasteiger partial charge in [0.25, 0.3) is 0 Å². The lowest BCUT2D eigenvalue weighted by Gasteiger charge is -2.34. The van der Waals surface area contributed by atoms with Crippen LogP contribution in [0.5, 0.6) is 5.75 Å². The number of amides is 1. The number of likely N-dealkylation sites (N-methyl/N-ethyl adjacent to an activating group) is 1. The zero-order chi connectivity index (χ0) is 14.5. The molecule has 1 N–H and O–H groups in total. The second-order valence-electron chi connectivity index (χ2n) is 4.98. The summed E-state index contributed by atoms with van der Waals surface area (Å²) in [6.07, 6.45) is 0.284. The number of ether oxygens (including phenoxy) is 1. The summed E-state index contributed by atoms with van der Waals surface area (Å²) in [5, 5.41) is 9.22. The molecule has 4 nitrogen and oxygen atoms in total. The fourth-order valence-corrected chi connectivity index (χ4v) is 1.80. The number of hydrogen-bond acceptors (Lipinski definition) is 3. The molecular formula is C14H20BrNO3. The lowest BCUT2D eigenvalue weighted by atomic mass is 10.0. The van der Waals surface area contributed by atoms with Crippen LogP contribution in [0.25, 0.3) is 0 Å². The average Bonchev–Trinajstić information content (AvgIpc) is 2.37. The Morgan fingerprint density at radius 1 is 1.47 bits per heavy atom. The van der Waals surface area contributed by atoms with Crippen molar-refractivity contribution < 1.29 is 14.6 Å². The van der Waals surface area contributed by atoms with Crippen LogP contribution >= 0.6 is 15.9 Å². The number of benzene rings is 1. The molecule has 0 aliphatic rings. The molecule has 19 heavy (non-hydrogen) atoms. The van der Waals surface area contributed by atoms with Crippen LogP contribution in [0.2, 0.25) is 0 Å². The molecule has 0 saturated heterocycles. The summed E-state index contributed by atoms with van der Waals surface area (Å²) >= 11 is 3.36. The molecule has 5 heteroatoms. The van der Waals surface area contributed by atoms with Gasteiger partial charge in [0.05, 0.1) is 25.2 Å². The van der Waals surface area contributed by atoms with Gasteiger partial charge in [-0.1, -0.05) is 22.0 Å². The van der Waals surface area contributed by atoms with E-state index in [0.717, 1.165) is 10.2 Å². The third-order valence-electron chi connectivity index (χ3n) is 3.05. The van der Waals surface area contributed by atoms with Gasteiger partial charge in [-0.25, -0.2) is 0 Å². The van der Waals surface area contributed by atoms with E-state index in [1.54, 1.807) is 11.9 Å². The van der Waals surface area contributed by atoms with Gasteiger partial charge in [0.15, 0.2) is 0 Å². The number of halogens is 1. The molecule has 0 aromatic heterocycles. The van der Waals surface area contributed by atoms with Crippen molar-refractivity contribution in [2.45, 2.75) is 25.8 Å². The van der Waals surface area contributed by atoms with E-state index in [2.05, 4.69) is 15.9 Å². The normalized spacial score (nSPS) is 11.2. The minimum absolute atomic E-state index is 0.0472. The largest absolute Gasteiger partial charge is 0.493 e. The second-order valence-corrected chi connectivity index (χ2v) is 5.89. The highest BCUT2D eigenvalue weighted by Crippen LogP contribution is 2.18. The smallest absolute Gasteiger partial charge is 0.226 e. The summed E-state index contributed by atoms with van der Waals surface area (Å²) in [5.74, 6) is 0.681. The third kappa shape index (κ3) is 4.84. The minimum Gasteiger partial charge on any atom is -0.493 e. The molecule has 106 valence electrons. The monoisotopic (exact) mass is 329 g/mol. The highest BCUT2D eigenvalue weighted by Gasteiger charge is 2.26. The zero-order valence-corrected chi connectivity index (χ0v) is 13.1. The fourth-order valence-electron chi connectivity index (χ4n) is 1.42. The van der Waals surface area contributed by atoms with Crippen LogP contribution in [-0.2, 0) is 4.79 Å². The van der Waals surface area contributed by atoms with E-state index in [9.17, 15) is 9.90 Å². The molecule has 1 aromatic carbocycles. The number of aliphatic hydroxyl groups excluding tert-OH is 1. The Hall–Kier alpha value is -1.07. The highest BCUT2D eigenvalue weighted by molar-refractivity contribution is 9.10. The van der Waals surface area contributed by atoms with E-state index in [1.807, 2.05) is 38.1 Å². The van der Waals surface area contributed by atoms with Gasteiger partial charge in [0.1, 0.15) is 5.75 Å². The maximum Gasteiger partial charge on any atom is 0.226 e. The van der Waals surface area contributed by atoms with Crippen molar-refractivity contribution in [3.63, 3.8) is 0 Å². The molecule has 0 aliphatic carbocycles. The van der Waals surface area contributed by atoms with Crippen LogP contribution < -0.4 is 4.74 Å². The van der Waals surface area contributed by atoms with Crippen LogP contribution in [0, 0.1) is 0 Å². The van der Waals surface area contributed by atoms with Gasteiger partial charge in [0, 0.05) is 11.5 Å². The third-order valence-corrected chi connectivity index (χ3v) is 3.54. The van der Waals surface area contributed by atoms with Crippen molar-refractivity contribution >= 4 is 21.8 Å². The summed E-state index contributed by atoms with van der Waals surface area (Å²) in [7, 11) is 1.69. The predicted molar refractivity (Wildman–Crippen MR) is 78.2 cm³/mol. The molecule has 0 aliphatic heterocycles. The first-order valence-corrected chi connectivity index (χ1v) is 6.92. The van der Waals surface area contributed by atoms with Crippen LogP contribution in [0.3, 0.4) is 0 Å². The number of nitrogens with zero attached hydrogens (tertiary/aromatic N) is 1. The number of carbonyl (C=O) groups is 1. The fraction of sp³-hybridized carbons (Fsp3) is 0.500. The summed E-state index contributed by atoms with van der Waals surface area (Å²) in [5.41, 5.74) is -0.549. The van der Waals surface area contributed by atoms with Crippen LogP contribution in [-0.4, -0.2) is 41.7 Å². The van der Waals surface area contributed by atoms with Crippen molar-refractivity contribution in [2.75, 3.05) is 20.3 Å². The van der Waals surface area contributed by atoms with Crippen LogP contribution in [0.1, 0.15) is 20.3 Å². The van der Waals surface area contributed by atoms with Crippen molar-refractivity contribution in [1.29, 1.82) is 0 Å². The topological polar surface area (TPSA) is 49.8 Å². The maximum absolute atomic E-state index is 11.9. The van der Waals surface area contributed by atoms with Crippen molar-refractivity contribution in [2.24, 2.45) is 0 Å². The van der Waals surface area contributed by atoms with Gasteiger partial charge in [-0.2, -0.15) is 0 Å². The Balaban J connectivity index is 2.43. The van der Waals surface area contributed by atoms with Gasteiger partial charge >= 0.3 is 0 Å².